The number of rotatable bonds is 2. The van der Waals surface area contributed by atoms with Gasteiger partial charge in [0.05, 0.1) is 11.7 Å². The molecule has 1 fully saturated rings. The Labute approximate surface area is 101 Å². The van der Waals surface area contributed by atoms with E-state index in [4.69, 9.17) is 0 Å². The molecule has 1 unspecified atom stereocenters. The summed E-state index contributed by atoms with van der Waals surface area (Å²) in [5.74, 6) is 0.0466. The highest BCUT2D eigenvalue weighted by molar-refractivity contribution is 5.96. The van der Waals surface area contributed by atoms with E-state index in [-0.39, 0.29) is 17.7 Å². The number of phenols is 1. The van der Waals surface area contributed by atoms with E-state index in [1.54, 1.807) is 12.1 Å². The summed E-state index contributed by atoms with van der Waals surface area (Å²) in [6.45, 7) is 2.81. The lowest BCUT2D eigenvalue weighted by Gasteiger charge is -2.22. The molecule has 0 spiro atoms. The first-order chi connectivity index (χ1) is 8.16. The van der Waals surface area contributed by atoms with Crippen molar-refractivity contribution in [3.63, 3.8) is 0 Å². The number of nitrogens with one attached hydrogen (secondary N) is 2. The van der Waals surface area contributed by atoms with Gasteiger partial charge in [0.15, 0.2) is 0 Å². The quantitative estimate of drug-likeness (QED) is 0.684. The lowest BCUT2D eigenvalue weighted by Crippen LogP contribution is -2.43. The molecule has 1 aromatic rings. The number of benzene rings is 1. The largest absolute Gasteiger partial charge is 0.506 e. The molecule has 2 rings (SSSR count). The molecule has 4 nitrogen and oxygen atoms in total. The standard InChI is InChI=1S/C13H18N2O2/c1-9-5-6-12(16)11(8-9)15-13(17)10-4-2-3-7-14-10/h5-6,8,10,14,16H,2-4,7H2,1H3,(H,15,17). The first-order valence-electron chi connectivity index (χ1n) is 6.00. The molecule has 1 amide bonds. The fraction of sp³-hybridized carbons (Fsp3) is 0.462. The second-order valence-electron chi connectivity index (χ2n) is 4.51. The molecule has 3 N–H and O–H groups in total. The van der Waals surface area contributed by atoms with Gasteiger partial charge in [0.1, 0.15) is 5.75 Å². The lowest BCUT2D eigenvalue weighted by molar-refractivity contribution is -0.118. The number of aryl methyl sites for hydroxylation is 1. The van der Waals surface area contributed by atoms with Crippen molar-refractivity contribution in [3.05, 3.63) is 23.8 Å². The molecule has 1 aromatic carbocycles. The lowest BCUT2D eigenvalue weighted by atomic mass is 10.0. The predicted octanol–water partition coefficient (Wildman–Crippen LogP) is 1.78. The van der Waals surface area contributed by atoms with E-state index in [0.29, 0.717) is 5.69 Å². The average molecular weight is 234 g/mol. The number of amides is 1. The van der Waals surface area contributed by atoms with Crippen LogP contribution in [-0.4, -0.2) is 23.6 Å². The van der Waals surface area contributed by atoms with E-state index >= 15 is 0 Å². The molecule has 1 saturated heterocycles. The maximum absolute atomic E-state index is 11.9. The molecule has 1 aliphatic rings. The highest BCUT2D eigenvalue weighted by atomic mass is 16.3. The highest BCUT2D eigenvalue weighted by Gasteiger charge is 2.21. The molecule has 1 heterocycles. The van der Waals surface area contributed by atoms with Crippen LogP contribution in [0.3, 0.4) is 0 Å². The molecule has 1 aliphatic heterocycles. The van der Waals surface area contributed by atoms with Crippen LogP contribution in [0.2, 0.25) is 0 Å². The maximum atomic E-state index is 11.9. The van der Waals surface area contributed by atoms with Gasteiger partial charge in [-0.1, -0.05) is 12.5 Å². The van der Waals surface area contributed by atoms with E-state index in [2.05, 4.69) is 10.6 Å². The Balaban J connectivity index is 2.04. The summed E-state index contributed by atoms with van der Waals surface area (Å²) < 4.78 is 0. The fourth-order valence-corrected chi connectivity index (χ4v) is 2.05. The van der Waals surface area contributed by atoms with Crippen LogP contribution in [0, 0.1) is 6.92 Å². The van der Waals surface area contributed by atoms with Crippen molar-refractivity contribution in [2.75, 3.05) is 11.9 Å². The molecule has 0 aliphatic carbocycles. The van der Waals surface area contributed by atoms with Crippen LogP contribution in [0.15, 0.2) is 18.2 Å². The zero-order chi connectivity index (χ0) is 12.3. The Morgan fingerprint density at radius 2 is 2.29 bits per heavy atom. The molecular weight excluding hydrogens is 216 g/mol. The predicted molar refractivity (Wildman–Crippen MR) is 67.1 cm³/mol. The maximum Gasteiger partial charge on any atom is 0.241 e. The van der Waals surface area contributed by atoms with Crippen LogP contribution in [0.25, 0.3) is 0 Å². The Kier molecular flexibility index (Phi) is 3.64. The number of carbonyl (C=O) groups excluding carboxylic acids is 1. The molecule has 0 bridgehead atoms. The first-order valence-corrected chi connectivity index (χ1v) is 6.00. The average Bonchev–Trinajstić information content (AvgIpc) is 2.35. The van der Waals surface area contributed by atoms with E-state index in [1.165, 1.54) is 0 Å². The minimum absolute atomic E-state index is 0.0643. The summed E-state index contributed by atoms with van der Waals surface area (Å²) in [4.78, 5) is 11.9. The Hall–Kier alpha value is -1.55. The van der Waals surface area contributed by atoms with E-state index in [1.807, 2.05) is 13.0 Å². The Morgan fingerprint density at radius 3 is 3.00 bits per heavy atom. The van der Waals surface area contributed by atoms with Gasteiger partial charge in [-0.05, 0) is 44.0 Å². The number of anilines is 1. The van der Waals surface area contributed by atoms with Crippen molar-refractivity contribution < 1.29 is 9.90 Å². The molecule has 4 heteroatoms. The van der Waals surface area contributed by atoms with Gasteiger partial charge in [-0.15, -0.1) is 0 Å². The fourth-order valence-electron chi connectivity index (χ4n) is 2.05. The van der Waals surface area contributed by atoms with Gasteiger partial charge in [-0.3, -0.25) is 4.79 Å². The second kappa shape index (κ2) is 5.19. The second-order valence-corrected chi connectivity index (χ2v) is 4.51. The molecule has 92 valence electrons. The summed E-state index contributed by atoms with van der Waals surface area (Å²) in [6, 6.07) is 5.04. The number of aromatic hydroxyl groups is 1. The van der Waals surface area contributed by atoms with Crippen LogP contribution >= 0.6 is 0 Å². The Bertz CT molecular complexity index is 412. The summed E-state index contributed by atoms with van der Waals surface area (Å²) in [7, 11) is 0. The van der Waals surface area contributed by atoms with Crippen LogP contribution in [0.1, 0.15) is 24.8 Å². The normalized spacial score (nSPS) is 19.9. The van der Waals surface area contributed by atoms with E-state index in [0.717, 1.165) is 31.4 Å². The number of carbonyl (C=O) groups is 1. The van der Waals surface area contributed by atoms with Crippen molar-refractivity contribution in [3.8, 4) is 5.75 Å². The summed E-state index contributed by atoms with van der Waals surface area (Å²) in [6.07, 6.45) is 3.06. The molecule has 17 heavy (non-hydrogen) atoms. The molecule has 0 radical (unpaired) electrons. The first kappa shape index (κ1) is 11.9. The van der Waals surface area contributed by atoms with Crippen molar-refractivity contribution in [2.24, 2.45) is 0 Å². The highest BCUT2D eigenvalue weighted by Crippen LogP contribution is 2.24. The van der Waals surface area contributed by atoms with E-state index < -0.39 is 0 Å². The minimum Gasteiger partial charge on any atom is -0.506 e. The van der Waals surface area contributed by atoms with Crippen molar-refractivity contribution in [2.45, 2.75) is 32.2 Å². The number of piperidine rings is 1. The third-order valence-corrected chi connectivity index (χ3v) is 3.04. The van der Waals surface area contributed by atoms with Crippen molar-refractivity contribution >= 4 is 11.6 Å². The monoisotopic (exact) mass is 234 g/mol. The van der Waals surface area contributed by atoms with Gasteiger partial charge in [-0.25, -0.2) is 0 Å². The van der Waals surface area contributed by atoms with Crippen LogP contribution in [0.5, 0.6) is 5.75 Å². The van der Waals surface area contributed by atoms with Crippen LogP contribution < -0.4 is 10.6 Å². The zero-order valence-electron chi connectivity index (χ0n) is 9.99. The summed E-state index contributed by atoms with van der Waals surface area (Å²) >= 11 is 0. The number of hydrogen-bond donors (Lipinski definition) is 3. The van der Waals surface area contributed by atoms with Gasteiger partial charge < -0.3 is 15.7 Å². The van der Waals surface area contributed by atoms with Gasteiger partial charge in [0.25, 0.3) is 0 Å². The third kappa shape index (κ3) is 2.97. The number of hydrogen-bond acceptors (Lipinski definition) is 3. The Morgan fingerprint density at radius 1 is 1.47 bits per heavy atom. The van der Waals surface area contributed by atoms with Gasteiger partial charge >= 0.3 is 0 Å². The van der Waals surface area contributed by atoms with E-state index in [9.17, 15) is 9.90 Å². The molecular formula is C13H18N2O2. The zero-order valence-corrected chi connectivity index (χ0v) is 9.99. The van der Waals surface area contributed by atoms with Gasteiger partial charge in [0.2, 0.25) is 5.91 Å². The smallest absolute Gasteiger partial charge is 0.241 e. The van der Waals surface area contributed by atoms with Crippen LogP contribution in [0.4, 0.5) is 5.69 Å². The van der Waals surface area contributed by atoms with Crippen molar-refractivity contribution in [1.82, 2.24) is 5.32 Å². The molecule has 1 atom stereocenters. The SMILES string of the molecule is Cc1ccc(O)c(NC(=O)C2CCCCN2)c1. The van der Waals surface area contributed by atoms with Crippen molar-refractivity contribution in [1.29, 1.82) is 0 Å². The topological polar surface area (TPSA) is 61.4 Å². The number of phenolic OH excluding ortho intramolecular Hbond substituents is 1. The molecule has 0 aromatic heterocycles. The third-order valence-electron chi connectivity index (χ3n) is 3.04. The molecule has 0 saturated carbocycles. The van der Waals surface area contributed by atoms with Gasteiger partial charge in [-0.2, -0.15) is 0 Å². The van der Waals surface area contributed by atoms with Crippen LogP contribution in [-0.2, 0) is 4.79 Å². The minimum atomic E-state index is -0.135. The summed E-state index contributed by atoms with van der Waals surface area (Å²) in [5, 5.41) is 15.6. The van der Waals surface area contributed by atoms with Gasteiger partial charge in [0, 0.05) is 0 Å². The summed E-state index contributed by atoms with van der Waals surface area (Å²) in [5.41, 5.74) is 1.50.